The van der Waals surface area contributed by atoms with Crippen molar-refractivity contribution in [3.63, 3.8) is 0 Å². The van der Waals surface area contributed by atoms with Crippen molar-refractivity contribution in [3.8, 4) is 0 Å². The van der Waals surface area contributed by atoms with E-state index in [1.165, 1.54) is 405 Å². The summed E-state index contributed by atoms with van der Waals surface area (Å²) in [6.45, 7) is 5.67. The Hall–Kier alpha value is -1.71. The molecule has 0 aliphatic rings. The summed E-state index contributed by atoms with van der Waals surface area (Å²) in [6, 6.07) is 0. The Morgan fingerprint density at radius 3 is 0.576 bits per heavy atom. The normalized spacial score (nSPS) is 12.9. The van der Waals surface area contributed by atoms with Gasteiger partial charge in [-0.05, 0) is 19.3 Å². The molecule has 0 heterocycles. The SMILES string of the molecule is CCCCCCCCCCCCCCCCCCCCCCCCCCCC(=O)OC[C@H](OC(=O)CCCCCCCCCCCCCCCCCCCCCCCCCCC)[C@@H](OC(=O)CCCCCCCCCCCCCCCCCCCCCCCCCCC)[C@H](O)[C@H](O)CO. The van der Waals surface area contributed by atoms with Crippen molar-refractivity contribution in [1.29, 1.82) is 0 Å². The van der Waals surface area contributed by atoms with Crippen molar-refractivity contribution in [2.75, 3.05) is 13.2 Å². The number of aliphatic hydroxyl groups excluding tert-OH is 3. The van der Waals surface area contributed by atoms with Gasteiger partial charge in [-0.1, -0.05) is 483 Å². The molecule has 0 rings (SSSR count). The lowest BCUT2D eigenvalue weighted by Crippen LogP contribution is -2.51. The van der Waals surface area contributed by atoms with Crippen LogP contribution in [0.4, 0.5) is 0 Å². The number of ether oxygens (including phenoxy) is 3. The number of hydrogen-bond donors (Lipinski definition) is 3. The van der Waals surface area contributed by atoms with E-state index in [-0.39, 0.29) is 19.3 Å². The molecule has 0 saturated heterocycles. The van der Waals surface area contributed by atoms with Crippen LogP contribution in [0.3, 0.4) is 0 Å². The molecule has 0 aliphatic heterocycles. The molecule has 0 fully saturated rings. The third-order valence-corrected chi connectivity index (χ3v) is 21.7. The van der Waals surface area contributed by atoms with E-state index >= 15 is 0 Å². The molecule has 0 aromatic carbocycles. The lowest BCUT2D eigenvalue weighted by atomic mass is 10.0. The molecule has 0 unspecified atom stereocenters. The molecule has 0 saturated carbocycles. The van der Waals surface area contributed by atoms with E-state index in [4.69, 9.17) is 14.2 Å². The van der Waals surface area contributed by atoms with E-state index in [1.54, 1.807) is 0 Å². The van der Waals surface area contributed by atoms with Crippen molar-refractivity contribution in [2.24, 2.45) is 0 Å². The summed E-state index contributed by atoms with van der Waals surface area (Å²) in [5, 5.41) is 31.9. The minimum Gasteiger partial charge on any atom is -0.462 e. The monoisotopic (exact) mass is 1400 g/mol. The molecule has 590 valence electrons. The van der Waals surface area contributed by atoms with Gasteiger partial charge in [0.1, 0.15) is 18.8 Å². The molecule has 0 aromatic rings. The molecule has 0 amide bonds. The predicted molar refractivity (Wildman–Crippen MR) is 427 cm³/mol. The van der Waals surface area contributed by atoms with Crippen molar-refractivity contribution in [2.45, 2.75) is 546 Å². The van der Waals surface area contributed by atoms with Crippen LogP contribution in [0.5, 0.6) is 0 Å². The van der Waals surface area contributed by atoms with Crippen molar-refractivity contribution in [3.05, 3.63) is 0 Å². The van der Waals surface area contributed by atoms with Gasteiger partial charge in [0.25, 0.3) is 0 Å². The van der Waals surface area contributed by atoms with Gasteiger partial charge < -0.3 is 29.5 Å². The maximum absolute atomic E-state index is 13.5. The zero-order chi connectivity index (χ0) is 71.7. The molecule has 99 heavy (non-hydrogen) atoms. The quantitative estimate of drug-likeness (QED) is 0.0308. The summed E-state index contributed by atoms with van der Waals surface area (Å²) >= 11 is 0. The second-order valence-corrected chi connectivity index (χ2v) is 31.6. The van der Waals surface area contributed by atoms with Gasteiger partial charge in [0.15, 0.2) is 12.2 Å². The van der Waals surface area contributed by atoms with Crippen LogP contribution in [0.25, 0.3) is 0 Å². The fourth-order valence-corrected chi connectivity index (χ4v) is 14.8. The molecule has 0 aliphatic carbocycles. The average Bonchev–Trinajstić information content (AvgIpc) is 0.869. The molecule has 0 bridgehead atoms. The first-order chi connectivity index (χ1) is 48.8. The number of carbonyl (C=O) groups excluding carboxylic acids is 3. The number of rotatable bonds is 86. The maximum atomic E-state index is 13.5. The number of unbranched alkanes of at least 4 members (excludes halogenated alkanes) is 72. The van der Waals surface area contributed by atoms with Crippen LogP contribution in [0.2, 0.25) is 0 Å². The molecule has 4 atom stereocenters. The maximum Gasteiger partial charge on any atom is 0.306 e. The lowest BCUT2D eigenvalue weighted by Gasteiger charge is -2.31. The Morgan fingerprint density at radius 1 is 0.232 bits per heavy atom. The van der Waals surface area contributed by atoms with E-state index < -0.39 is 55.5 Å². The molecule has 3 N–H and O–H groups in total. The van der Waals surface area contributed by atoms with Crippen LogP contribution in [-0.2, 0) is 28.6 Å². The number of carbonyl (C=O) groups is 3. The molecule has 9 nitrogen and oxygen atoms in total. The molecule has 0 spiro atoms. The number of hydrogen-bond acceptors (Lipinski definition) is 9. The highest BCUT2D eigenvalue weighted by Gasteiger charge is 2.39. The second-order valence-electron chi connectivity index (χ2n) is 31.6. The van der Waals surface area contributed by atoms with E-state index in [0.717, 1.165) is 57.8 Å². The summed E-state index contributed by atoms with van der Waals surface area (Å²) < 4.78 is 17.4. The van der Waals surface area contributed by atoms with Crippen LogP contribution >= 0.6 is 0 Å². The Kier molecular flexibility index (Phi) is 82.1. The highest BCUT2D eigenvalue weighted by atomic mass is 16.6. The highest BCUT2D eigenvalue weighted by Crippen LogP contribution is 2.23. The zero-order valence-electron chi connectivity index (χ0n) is 67.2. The summed E-state index contributed by atoms with van der Waals surface area (Å²) in [4.78, 5) is 40.1. The van der Waals surface area contributed by atoms with Gasteiger partial charge in [-0.15, -0.1) is 0 Å². The van der Waals surface area contributed by atoms with Crippen LogP contribution < -0.4 is 0 Å². The van der Waals surface area contributed by atoms with Crippen LogP contribution in [0.15, 0.2) is 0 Å². The second kappa shape index (κ2) is 83.6. The fourth-order valence-electron chi connectivity index (χ4n) is 14.8. The Bertz CT molecular complexity index is 1570. The summed E-state index contributed by atoms with van der Waals surface area (Å²) in [5.74, 6) is -1.55. The van der Waals surface area contributed by atoms with Crippen molar-refractivity contribution >= 4 is 17.9 Å². The van der Waals surface area contributed by atoms with Crippen molar-refractivity contribution in [1.82, 2.24) is 0 Å². The minimum atomic E-state index is -1.76. The largest absolute Gasteiger partial charge is 0.462 e. The summed E-state index contributed by atoms with van der Waals surface area (Å²) in [6.07, 6.45) is 92.4. The summed E-state index contributed by atoms with van der Waals surface area (Å²) in [5.41, 5.74) is 0. The Balaban J connectivity index is 4.71. The van der Waals surface area contributed by atoms with Gasteiger partial charge in [0, 0.05) is 19.3 Å². The predicted octanol–water partition coefficient (Wildman–Crippen LogP) is 28.6. The Labute approximate surface area is 617 Å². The molecule has 0 radical (unpaired) electrons. The molecular formula is C90H176O9. The third kappa shape index (κ3) is 75.8. The molecule has 9 heteroatoms. The first-order valence-electron chi connectivity index (χ1n) is 45.3. The zero-order valence-corrected chi connectivity index (χ0v) is 67.2. The Morgan fingerprint density at radius 2 is 0.394 bits per heavy atom. The van der Waals surface area contributed by atoms with Gasteiger partial charge in [0.05, 0.1) is 6.61 Å². The number of esters is 3. The van der Waals surface area contributed by atoms with E-state index in [2.05, 4.69) is 20.8 Å². The van der Waals surface area contributed by atoms with Gasteiger partial charge in [-0.3, -0.25) is 14.4 Å². The van der Waals surface area contributed by atoms with E-state index in [9.17, 15) is 29.7 Å². The first-order valence-corrected chi connectivity index (χ1v) is 45.3. The van der Waals surface area contributed by atoms with Crippen molar-refractivity contribution < 1.29 is 43.9 Å². The standard InChI is InChI=1S/C90H176O9/c1-4-7-10-13-16-19-22-25-28-31-34-37-40-43-46-49-52-55-58-61-64-67-70-73-76-79-86(93)97-83-85(98-87(94)80-77-74-71-68-65-62-59-56-53-50-47-44-41-38-35-32-29-26-23-20-17-14-11-8-5-2)90(89(96)84(92)82-91)99-88(95)81-78-75-72-69-66-63-60-57-54-51-48-45-42-39-36-33-30-27-24-21-18-15-12-9-6-3/h84-85,89-92,96H,4-83H2,1-3H3/t84-,85+,89-,90-/m1/s1. The van der Waals surface area contributed by atoms with Gasteiger partial charge in [-0.2, -0.15) is 0 Å². The van der Waals surface area contributed by atoms with Gasteiger partial charge >= 0.3 is 17.9 Å². The molecular weight excluding hydrogens is 1220 g/mol. The van der Waals surface area contributed by atoms with E-state index in [1.807, 2.05) is 0 Å². The third-order valence-electron chi connectivity index (χ3n) is 21.7. The van der Waals surface area contributed by atoms with Gasteiger partial charge in [0.2, 0.25) is 0 Å². The highest BCUT2D eigenvalue weighted by molar-refractivity contribution is 5.71. The van der Waals surface area contributed by atoms with E-state index in [0.29, 0.717) is 19.3 Å². The van der Waals surface area contributed by atoms with Crippen LogP contribution in [0, 0.1) is 0 Å². The summed E-state index contributed by atoms with van der Waals surface area (Å²) in [7, 11) is 0. The fraction of sp³-hybridized carbons (Fsp3) is 0.967. The van der Waals surface area contributed by atoms with Crippen LogP contribution in [-0.4, -0.2) is 70.9 Å². The molecule has 0 aromatic heterocycles. The smallest absolute Gasteiger partial charge is 0.306 e. The topological polar surface area (TPSA) is 140 Å². The lowest BCUT2D eigenvalue weighted by molar-refractivity contribution is -0.193. The first kappa shape index (κ1) is 97.3. The minimum absolute atomic E-state index is 0.108. The number of aliphatic hydroxyl groups is 3. The average molecular weight is 1400 g/mol. The van der Waals surface area contributed by atoms with Gasteiger partial charge in [-0.25, -0.2) is 0 Å². The van der Waals surface area contributed by atoms with Crippen LogP contribution in [0.1, 0.15) is 522 Å².